The van der Waals surface area contributed by atoms with E-state index in [-0.39, 0.29) is 24.5 Å². The van der Waals surface area contributed by atoms with Crippen molar-refractivity contribution in [1.82, 2.24) is 10.2 Å². The lowest BCUT2D eigenvalue weighted by molar-refractivity contribution is -0.139. The third kappa shape index (κ3) is 3.64. The number of amides is 1. The molecule has 2 rings (SSSR count). The summed E-state index contributed by atoms with van der Waals surface area (Å²) in [4.78, 5) is 24.8. The topological polar surface area (TPSA) is 82.8 Å². The van der Waals surface area contributed by atoms with E-state index in [1.165, 1.54) is 0 Å². The van der Waals surface area contributed by atoms with Crippen LogP contribution in [0.25, 0.3) is 0 Å². The quantitative estimate of drug-likeness (QED) is 0.832. The van der Waals surface area contributed by atoms with Gasteiger partial charge in [0.2, 0.25) is 0 Å². The highest BCUT2D eigenvalue weighted by Gasteiger charge is 2.35. The van der Waals surface area contributed by atoms with E-state index in [1.807, 2.05) is 18.7 Å². The SMILES string of the molecule is CCN(CC(=O)O)C1CC(NC(=O)c2cc(C)oc2C)C1. The smallest absolute Gasteiger partial charge is 0.317 e. The van der Waals surface area contributed by atoms with Gasteiger partial charge in [0, 0.05) is 12.1 Å². The minimum absolute atomic E-state index is 0.0574. The lowest BCUT2D eigenvalue weighted by Crippen LogP contribution is -2.54. The van der Waals surface area contributed by atoms with Crippen molar-refractivity contribution in [1.29, 1.82) is 0 Å². The zero-order valence-corrected chi connectivity index (χ0v) is 12.7. The molecule has 116 valence electrons. The number of likely N-dealkylation sites (N-methyl/N-ethyl adjacent to an activating group) is 1. The number of rotatable bonds is 6. The third-order valence-electron chi connectivity index (χ3n) is 3.99. The Labute approximate surface area is 124 Å². The number of carbonyl (C=O) groups excluding carboxylic acids is 1. The number of hydrogen-bond donors (Lipinski definition) is 2. The van der Waals surface area contributed by atoms with Crippen molar-refractivity contribution in [2.75, 3.05) is 13.1 Å². The summed E-state index contributed by atoms with van der Waals surface area (Å²) in [5.74, 6) is 0.424. The van der Waals surface area contributed by atoms with Crippen LogP contribution in [0.4, 0.5) is 0 Å². The Balaban J connectivity index is 1.83. The molecular formula is C15H22N2O4. The average Bonchev–Trinajstić information content (AvgIpc) is 2.69. The summed E-state index contributed by atoms with van der Waals surface area (Å²) in [6.07, 6.45) is 1.59. The molecule has 1 fully saturated rings. The maximum Gasteiger partial charge on any atom is 0.317 e. The Morgan fingerprint density at radius 3 is 2.57 bits per heavy atom. The molecule has 1 amide bonds. The van der Waals surface area contributed by atoms with Crippen LogP contribution in [0.3, 0.4) is 0 Å². The lowest BCUT2D eigenvalue weighted by Gasteiger charge is -2.42. The largest absolute Gasteiger partial charge is 0.480 e. The highest BCUT2D eigenvalue weighted by atomic mass is 16.4. The van der Waals surface area contributed by atoms with Gasteiger partial charge in [-0.3, -0.25) is 14.5 Å². The predicted octanol–water partition coefficient (Wildman–Crippen LogP) is 1.56. The zero-order chi connectivity index (χ0) is 15.6. The molecule has 0 saturated heterocycles. The van der Waals surface area contributed by atoms with E-state index in [0.29, 0.717) is 17.9 Å². The fraction of sp³-hybridized carbons (Fsp3) is 0.600. The molecule has 0 radical (unpaired) electrons. The summed E-state index contributed by atoms with van der Waals surface area (Å²) in [5.41, 5.74) is 0.578. The van der Waals surface area contributed by atoms with Gasteiger partial charge in [0.15, 0.2) is 0 Å². The standard InChI is InChI=1S/C15H22N2O4/c1-4-17(8-14(18)19)12-6-11(7-12)16-15(20)13-5-9(2)21-10(13)3/h5,11-12H,4,6-8H2,1-3H3,(H,16,20)(H,18,19). The van der Waals surface area contributed by atoms with Gasteiger partial charge in [-0.15, -0.1) is 0 Å². The van der Waals surface area contributed by atoms with E-state index in [9.17, 15) is 9.59 Å². The van der Waals surface area contributed by atoms with E-state index in [4.69, 9.17) is 9.52 Å². The van der Waals surface area contributed by atoms with E-state index < -0.39 is 5.97 Å². The Morgan fingerprint density at radius 2 is 2.10 bits per heavy atom. The summed E-state index contributed by atoms with van der Waals surface area (Å²) < 4.78 is 5.36. The van der Waals surface area contributed by atoms with Crippen LogP contribution in [-0.2, 0) is 4.79 Å². The monoisotopic (exact) mass is 294 g/mol. The zero-order valence-electron chi connectivity index (χ0n) is 12.7. The third-order valence-corrected chi connectivity index (χ3v) is 3.99. The summed E-state index contributed by atoms with van der Waals surface area (Å²) >= 11 is 0. The molecule has 0 atom stereocenters. The maximum absolute atomic E-state index is 12.1. The molecular weight excluding hydrogens is 272 g/mol. The fourth-order valence-corrected chi connectivity index (χ4v) is 2.80. The number of aliphatic carboxylic acids is 1. The molecule has 1 saturated carbocycles. The second-order valence-corrected chi connectivity index (χ2v) is 5.58. The first-order valence-corrected chi connectivity index (χ1v) is 7.24. The molecule has 1 aromatic heterocycles. The molecule has 0 bridgehead atoms. The van der Waals surface area contributed by atoms with Gasteiger partial charge in [-0.1, -0.05) is 6.92 Å². The van der Waals surface area contributed by atoms with Crippen LogP contribution in [-0.4, -0.2) is 47.1 Å². The van der Waals surface area contributed by atoms with E-state index in [0.717, 1.165) is 18.6 Å². The molecule has 6 heteroatoms. The van der Waals surface area contributed by atoms with E-state index in [1.54, 1.807) is 13.0 Å². The highest BCUT2D eigenvalue weighted by molar-refractivity contribution is 5.95. The molecule has 1 aromatic rings. The summed E-state index contributed by atoms with van der Waals surface area (Å²) in [6, 6.07) is 2.09. The number of carboxylic acid groups (broad SMARTS) is 1. The number of nitrogens with zero attached hydrogens (tertiary/aromatic N) is 1. The first kappa shape index (κ1) is 15.6. The first-order valence-electron chi connectivity index (χ1n) is 7.24. The van der Waals surface area contributed by atoms with E-state index >= 15 is 0 Å². The van der Waals surface area contributed by atoms with Crippen LogP contribution in [0.2, 0.25) is 0 Å². The maximum atomic E-state index is 12.1. The van der Waals surface area contributed by atoms with Crippen LogP contribution in [0, 0.1) is 13.8 Å². The molecule has 1 aliphatic carbocycles. The van der Waals surface area contributed by atoms with Gasteiger partial charge in [-0.2, -0.15) is 0 Å². The Hall–Kier alpha value is -1.82. The van der Waals surface area contributed by atoms with Gasteiger partial charge in [0.05, 0.1) is 12.1 Å². The number of furan rings is 1. The minimum Gasteiger partial charge on any atom is -0.480 e. The molecule has 2 N–H and O–H groups in total. The predicted molar refractivity (Wildman–Crippen MR) is 77.3 cm³/mol. The summed E-state index contributed by atoms with van der Waals surface area (Å²) in [6.45, 7) is 6.30. The second-order valence-electron chi connectivity index (χ2n) is 5.58. The van der Waals surface area contributed by atoms with Crippen LogP contribution < -0.4 is 5.32 Å². The number of nitrogens with one attached hydrogen (secondary N) is 1. The molecule has 1 heterocycles. The van der Waals surface area contributed by atoms with Gasteiger partial charge < -0.3 is 14.8 Å². The lowest BCUT2D eigenvalue weighted by atomic mass is 9.85. The first-order chi connectivity index (χ1) is 9.90. The van der Waals surface area contributed by atoms with Gasteiger partial charge in [-0.25, -0.2) is 0 Å². The van der Waals surface area contributed by atoms with Crippen molar-refractivity contribution < 1.29 is 19.1 Å². The van der Waals surface area contributed by atoms with Gasteiger partial charge in [0.25, 0.3) is 5.91 Å². The number of carbonyl (C=O) groups is 2. The molecule has 0 unspecified atom stereocenters. The van der Waals surface area contributed by atoms with Crippen LogP contribution in [0.5, 0.6) is 0 Å². The normalized spacial score (nSPS) is 21.1. The van der Waals surface area contributed by atoms with Crippen molar-refractivity contribution in [3.05, 3.63) is 23.2 Å². The Morgan fingerprint density at radius 1 is 1.43 bits per heavy atom. The molecule has 0 spiro atoms. The average molecular weight is 294 g/mol. The Kier molecular flexibility index (Phi) is 4.67. The van der Waals surface area contributed by atoms with Crippen molar-refractivity contribution in [3.63, 3.8) is 0 Å². The molecule has 1 aliphatic rings. The second kappa shape index (κ2) is 6.30. The number of carboxylic acids is 1. The fourth-order valence-electron chi connectivity index (χ4n) is 2.80. The van der Waals surface area contributed by atoms with Crippen molar-refractivity contribution in [2.45, 2.75) is 45.7 Å². The molecule has 6 nitrogen and oxygen atoms in total. The Bertz CT molecular complexity index is 532. The van der Waals surface area contributed by atoms with Crippen LogP contribution in [0.15, 0.2) is 10.5 Å². The van der Waals surface area contributed by atoms with Crippen molar-refractivity contribution in [3.8, 4) is 0 Å². The van der Waals surface area contributed by atoms with Crippen LogP contribution in [0.1, 0.15) is 41.6 Å². The van der Waals surface area contributed by atoms with Gasteiger partial charge in [-0.05, 0) is 39.3 Å². The summed E-state index contributed by atoms with van der Waals surface area (Å²) in [7, 11) is 0. The molecule has 0 aliphatic heterocycles. The van der Waals surface area contributed by atoms with Crippen molar-refractivity contribution >= 4 is 11.9 Å². The van der Waals surface area contributed by atoms with Gasteiger partial charge in [0.1, 0.15) is 11.5 Å². The minimum atomic E-state index is -0.811. The van der Waals surface area contributed by atoms with Crippen molar-refractivity contribution in [2.24, 2.45) is 0 Å². The molecule has 0 aromatic carbocycles. The van der Waals surface area contributed by atoms with E-state index in [2.05, 4.69) is 5.32 Å². The summed E-state index contributed by atoms with van der Waals surface area (Å²) in [5, 5.41) is 11.8. The van der Waals surface area contributed by atoms with Crippen LogP contribution >= 0.6 is 0 Å². The molecule has 21 heavy (non-hydrogen) atoms. The number of aryl methyl sites for hydroxylation is 2. The highest BCUT2D eigenvalue weighted by Crippen LogP contribution is 2.26. The number of hydrogen-bond acceptors (Lipinski definition) is 4. The van der Waals surface area contributed by atoms with Gasteiger partial charge >= 0.3 is 5.97 Å².